The lowest BCUT2D eigenvalue weighted by Crippen LogP contribution is -2.48. The number of halogens is 1. The fourth-order valence-electron chi connectivity index (χ4n) is 3.19. The van der Waals surface area contributed by atoms with E-state index in [9.17, 15) is 9.59 Å². The van der Waals surface area contributed by atoms with Gasteiger partial charge in [-0.05, 0) is 51.3 Å². The lowest BCUT2D eigenvalue weighted by Gasteiger charge is -2.35. The lowest BCUT2D eigenvalue weighted by atomic mass is 9.95. The molecule has 1 fully saturated rings. The number of urea groups is 1. The molecule has 6 heteroatoms. The molecule has 1 aliphatic heterocycles. The third-order valence-electron chi connectivity index (χ3n) is 4.90. The van der Waals surface area contributed by atoms with E-state index in [0.717, 1.165) is 5.56 Å². The van der Waals surface area contributed by atoms with Crippen LogP contribution in [0.25, 0.3) is 0 Å². The monoisotopic (exact) mass is 365 g/mol. The number of likely N-dealkylation sites (tertiary alicyclic amines) is 1. The first kappa shape index (κ1) is 19.6. The van der Waals surface area contributed by atoms with Gasteiger partial charge in [-0.3, -0.25) is 4.79 Å². The van der Waals surface area contributed by atoms with Gasteiger partial charge >= 0.3 is 6.03 Å². The SMILES string of the molecule is CCN(CC)C(=O)N1CCC(C(=O)NC(C)c2ccc(Cl)cc2)CC1. The number of benzene rings is 1. The van der Waals surface area contributed by atoms with Crippen LogP contribution in [-0.2, 0) is 4.79 Å². The van der Waals surface area contributed by atoms with Crippen LogP contribution >= 0.6 is 11.6 Å². The van der Waals surface area contributed by atoms with Crippen LogP contribution in [0.3, 0.4) is 0 Å². The maximum atomic E-state index is 12.5. The van der Waals surface area contributed by atoms with Crippen LogP contribution in [0.1, 0.15) is 45.2 Å². The maximum Gasteiger partial charge on any atom is 0.319 e. The van der Waals surface area contributed by atoms with Gasteiger partial charge in [0, 0.05) is 37.1 Å². The predicted molar refractivity (Wildman–Crippen MR) is 101 cm³/mol. The molecule has 5 nitrogen and oxygen atoms in total. The van der Waals surface area contributed by atoms with E-state index in [1.54, 1.807) is 0 Å². The van der Waals surface area contributed by atoms with Gasteiger partial charge in [-0.25, -0.2) is 4.79 Å². The molecule has 1 aromatic rings. The van der Waals surface area contributed by atoms with Crippen molar-refractivity contribution in [3.63, 3.8) is 0 Å². The quantitative estimate of drug-likeness (QED) is 0.865. The zero-order chi connectivity index (χ0) is 18.4. The van der Waals surface area contributed by atoms with Gasteiger partial charge in [0.25, 0.3) is 0 Å². The molecule has 0 saturated carbocycles. The standard InChI is InChI=1S/C19H28ClN3O2/c1-4-22(5-2)19(25)23-12-10-16(11-13-23)18(24)21-14(3)15-6-8-17(20)9-7-15/h6-9,14,16H,4-5,10-13H2,1-3H3,(H,21,24). The van der Waals surface area contributed by atoms with E-state index in [2.05, 4.69) is 5.32 Å². The molecule has 1 saturated heterocycles. The van der Waals surface area contributed by atoms with Gasteiger partial charge in [0.2, 0.25) is 5.91 Å². The van der Waals surface area contributed by atoms with E-state index in [1.807, 2.05) is 54.8 Å². The van der Waals surface area contributed by atoms with Crippen molar-refractivity contribution in [1.82, 2.24) is 15.1 Å². The second kappa shape index (κ2) is 9.09. The Balaban J connectivity index is 1.84. The number of carbonyl (C=O) groups excluding carboxylic acids is 2. The number of rotatable bonds is 5. The van der Waals surface area contributed by atoms with E-state index >= 15 is 0 Å². The van der Waals surface area contributed by atoms with Gasteiger partial charge in [0.05, 0.1) is 6.04 Å². The number of nitrogens with one attached hydrogen (secondary N) is 1. The van der Waals surface area contributed by atoms with E-state index in [4.69, 9.17) is 11.6 Å². The minimum Gasteiger partial charge on any atom is -0.349 e. The Kier molecular flexibility index (Phi) is 7.12. The van der Waals surface area contributed by atoms with Crippen LogP contribution in [0.2, 0.25) is 5.02 Å². The molecule has 1 aromatic carbocycles. The molecule has 0 bridgehead atoms. The fourth-order valence-corrected chi connectivity index (χ4v) is 3.32. The van der Waals surface area contributed by atoms with Crippen LogP contribution in [0, 0.1) is 5.92 Å². The highest BCUT2D eigenvalue weighted by atomic mass is 35.5. The van der Waals surface area contributed by atoms with Crippen molar-refractivity contribution < 1.29 is 9.59 Å². The molecule has 0 aliphatic carbocycles. The first-order valence-corrected chi connectivity index (χ1v) is 9.43. The molecule has 25 heavy (non-hydrogen) atoms. The minimum atomic E-state index is -0.0555. The van der Waals surface area contributed by atoms with E-state index in [-0.39, 0.29) is 23.9 Å². The summed E-state index contributed by atoms with van der Waals surface area (Å²) in [4.78, 5) is 28.6. The van der Waals surface area contributed by atoms with E-state index < -0.39 is 0 Å². The highest BCUT2D eigenvalue weighted by molar-refractivity contribution is 6.30. The molecule has 0 spiro atoms. The number of hydrogen-bond donors (Lipinski definition) is 1. The number of hydrogen-bond acceptors (Lipinski definition) is 2. The molecule has 0 aromatic heterocycles. The van der Waals surface area contributed by atoms with Crippen LogP contribution < -0.4 is 5.32 Å². The summed E-state index contributed by atoms with van der Waals surface area (Å²) < 4.78 is 0. The second-order valence-corrected chi connectivity index (χ2v) is 6.93. The Bertz CT molecular complexity index is 579. The third kappa shape index (κ3) is 5.11. The first-order valence-electron chi connectivity index (χ1n) is 9.05. The van der Waals surface area contributed by atoms with Crippen LogP contribution in [0.4, 0.5) is 4.79 Å². The predicted octanol–water partition coefficient (Wildman–Crippen LogP) is 3.69. The Morgan fingerprint density at radius 2 is 1.76 bits per heavy atom. The van der Waals surface area contributed by atoms with Gasteiger partial charge < -0.3 is 15.1 Å². The Morgan fingerprint density at radius 3 is 2.28 bits per heavy atom. The maximum absolute atomic E-state index is 12.5. The van der Waals surface area contributed by atoms with Crippen molar-refractivity contribution in [3.8, 4) is 0 Å². The zero-order valence-corrected chi connectivity index (χ0v) is 16.1. The van der Waals surface area contributed by atoms with Crippen molar-refractivity contribution in [2.24, 2.45) is 5.92 Å². The van der Waals surface area contributed by atoms with Crippen LogP contribution in [-0.4, -0.2) is 47.9 Å². The second-order valence-electron chi connectivity index (χ2n) is 6.50. The topological polar surface area (TPSA) is 52.7 Å². The van der Waals surface area contributed by atoms with Gasteiger partial charge in [0.15, 0.2) is 0 Å². The van der Waals surface area contributed by atoms with Crippen molar-refractivity contribution in [2.45, 2.75) is 39.7 Å². The van der Waals surface area contributed by atoms with Gasteiger partial charge in [-0.15, -0.1) is 0 Å². The molecule has 1 N–H and O–H groups in total. The highest BCUT2D eigenvalue weighted by Crippen LogP contribution is 2.21. The Hall–Kier alpha value is -1.75. The molecule has 1 unspecified atom stereocenters. The van der Waals surface area contributed by atoms with Crippen LogP contribution in [0.5, 0.6) is 0 Å². The normalized spacial score (nSPS) is 16.4. The molecule has 0 radical (unpaired) electrons. The third-order valence-corrected chi connectivity index (χ3v) is 5.15. The lowest BCUT2D eigenvalue weighted by molar-refractivity contribution is -0.127. The van der Waals surface area contributed by atoms with Gasteiger partial charge in [-0.1, -0.05) is 23.7 Å². The number of carbonyl (C=O) groups is 2. The summed E-state index contributed by atoms with van der Waals surface area (Å²) in [6.45, 7) is 8.66. The zero-order valence-electron chi connectivity index (χ0n) is 15.3. The number of amides is 3. The first-order chi connectivity index (χ1) is 12.0. The van der Waals surface area contributed by atoms with Crippen molar-refractivity contribution in [1.29, 1.82) is 0 Å². The molecule has 1 heterocycles. The summed E-state index contributed by atoms with van der Waals surface area (Å²) in [7, 11) is 0. The van der Waals surface area contributed by atoms with Crippen molar-refractivity contribution >= 4 is 23.5 Å². The summed E-state index contributed by atoms with van der Waals surface area (Å²) in [5.74, 6) is 0.0351. The van der Waals surface area contributed by atoms with Gasteiger partial charge in [-0.2, -0.15) is 0 Å². The Labute approximate surface area is 155 Å². The molecular weight excluding hydrogens is 338 g/mol. The molecular formula is C19H28ClN3O2. The summed E-state index contributed by atoms with van der Waals surface area (Å²) in [6.07, 6.45) is 1.43. The van der Waals surface area contributed by atoms with E-state index in [0.29, 0.717) is 44.0 Å². The fraction of sp³-hybridized carbons (Fsp3) is 0.579. The van der Waals surface area contributed by atoms with Crippen LogP contribution in [0.15, 0.2) is 24.3 Å². The molecule has 1 aliphatic rings. The number of nitrogens with zero attached hydrogens (tertiary/aromatic N) is 2. The van der Waals surface area contributed by atoms with Crippen molar-refractivity contribution in [3.05, 3.63) is 34.9 Å². The molecule has 1 atom stereocenters. The summed E-state index contributed by atoms with van der Waals surface area (Å²) in [5, 5.41) is 3.77. The molecule has 138 valence electrons. The number of piperidine rings is 1. The summed E-state index contributed by atoms with van der Waals surface area (Å²) in [5.41, 5.74) is 1.03. The van der Waals surface area contributed by atoms with Crippen molar-refractivity contribution in [2.75, 3.05) is 26.2 Å². The Morgan fingerprint density at radius 1 is 1.20 bits per heavy atom. The van der Waals surface area contributed by atoms with Gasteiger partial charge in [0.1, 0.15) is 0 Å². The molecule has 3 amide bonds. The summed E-state index contributed by atoms with van der Waals surface area (Å²) >= 11 is 5.90. The summed E-state index contributed by atoms with van der Waals surface area (Å²) in [6, 6.07) is 7.55. The highest BCUT2D eigenvalue weighted by Gasteiger charge is 2.29. The largest absolute Gasteiger partial charge is 0.349 e. The smallest absolute Gasteiger partial charge is 0.319 e. The minimum absolute atomic E-state index is 0.0319. The van der Waals surface area contributed by atoms with E-state index in [1.165, 1.54) is 0 Å². The average Bonchev–Trinajstić information content (AvgIpc) is 2.63. The molecule has 2 rings (SSSR count). The average molecular weight is 366 g/mol.